The summed E-state index contributed by atoms with van der Waals surface area (Å²) in [5.74, 6) is 0.499. The predicted molar refractivity (Wildman–Crippen MR) is 72.9 cm³/mol. The maximum absolute atomic E-state index is 9.85. The van der Waals surface area contributed by atoms with Gasteiger partial charge in [0.1, 0.15) is 5.75 Å². The number of aliphatic hydroxyl groups excluding tert-OH is 1. The lowest BCUT2D eigenvalue weighted by atomic mass is 9.92. The average Bonchev–Trinajstić information content (AvgIpc) is 2.40. The van der Waals surface area contributed by atoms with Crippen LogP contribution in [0.4, 0.5) is 0 Å². The molecule has 0 aliphatic heterocycles. The number of para-hydroxylation sites is 1. The van der Waals surface area contributed by atoms with Crippen LogP contribution in [0.5, 0.6) is 5.75 Å². The van der Waals surface area contributed by atoms with Crippen molar-refractivity contribution in [2.45, 2.75) is 19.3 Å². The molecule has 0 fully saturated rings. The predicted octanol–water partition coefficient (Wildman–Crippen LogP) is 3.08. The Morgan fingerprint density at radius 3 is 2.28 bits per heavy atom. The van der Waals surface area contributed by atoms with E-state index in [0.717, 1.165) is 16.7 Å². The number of rotatable bonds is 4. The molecule has 0 bridgehead atoms. The van der Waals surface area contributed by atoms with Crippen LogP contribution in [0.3, 0.4) is 0 Å². The molecule has 1 atom stereocenters. The zero-order chi connectivity index (χ0) is 13.0. The van der Waals surface area contributed by atoms with Gasteiger partial charge in [-0.05, 0) is 23.6 Å². The van der Waals surface area contributed by atoms with E-state index in [4.69, 9.17) is 5.11 Å². The molecule has 0 aliphatic carbocycles. The minimum Gasteiger partial charge on any atom is -0.508 e. The van der Waals surface area contributed by atoms with Gasteiger partial charge in [0, 0.05) is 18.1 Å². The molecule has 0 saturated heterocycles. The molecule has 1 unspecified atom stereocenters. The Morgan fingerprint density at radius 1 is 1.00 bits per heavy atom. The first kappa shape index (κ1) is 12.7. The number of aromatic hydroxyl groups is 1. The Balaban J connectivity index is 2.23. The van der Waals surface area contributed by atoms with Gasteiger partial charge in [0.2, 0.25) is 0 Å². The molecular weight excluding hydrogens is 224 g/mol. The van der Waals surface area contributed by atoms with Crippen LogP contribution in [0, 0.1) is 0 Å². The van der Waals surface area contributed by atoms with Crippen LogP contribution < -0.4 is 0 Å². The van der Waals surface area contributed by atoms with Crippen LogP contribution in [0.2, 0.25) is 0 Å². The summed E-state index contributed by atoms with van der Waals surface area (Å²) in [6.45, 7) is 2.25. The van der Waals surface area contributed by atoms with Gasteiger partial charge in [-0.15, -0.1) is 0 Å². The largest absolute Gasteiger partial charge is 0.508 e. The lowest BCUT2D eigenvalue weighted by Gasteiger charge is -2.14. The quantitative estimate of drug-likeness (QED) is 0.865. The van der Waals surface area contributed by atoms with Crippen LogP contribution in [0.1, 0.15) is 29.5 Å². The van der Waals surface area contributed by atoms with E-state index in [-0.39, 0.29) is 12.5 Å². The molecule has 0 amide bonds. The maximum Gasteiger partial charge on any atom is 0.119 e. The van der Waals surface area contributed by atoms with Crippen molar-refractivity contribution in [1.82, 2.24) is 0 Å². The van der Waals surface area contributed by atoms with Gasteiger partial charge in [-0.25, -0.2) is 0 Å². The smallest absolute Gasteiger partial charge is 0.119 e. The summed E-state index contributed by atoms with van der Waals surface area (Å²) in [5.41, 5.74) is 3.23. The Bertz CT molecular complexity index is 503. The zero-order valence-electron chi connectivity index (χ0n) is 10.5. The lowest BCUT2D eigenvalue weighted by Crippen LogP contribution is -1.97. The van der Waals surface area contributed by atoms with E-state index < -0.39 is 0 Å². The number of benzene rings is 2. The average molecular weight is 242 g/mol. The second kappa shape index (κ2) is 5.69. The maximum atomic E-state index is 9.85. The number of hydrogen-bond acceptors (Lipinski definition) is 2. The molecule has 2 N–H and O–H groups in total. The molecule has 0 heterocycles. The van der Waals surface area contributed by atoms with E-state index >= 15 is 0 Å². The second-order valence-electron chi connectivity index (χ2n) is 4.50. The highest BCUT2D eigenvalue weighted by Crippen LogP contribution is 2.30. The van der Waals surface area contributed by atoms with E-state index in [1.54, 1.807) is 6.07 Å². The Morgan fingerprint density at radius 2 is 1.67 bits per heavy atom. The van der Waals surface area contributed by atoms with Crippen molar-refractivity contribution in [3.8, 4) is 5.75 Å². The molecule has 2 nitrogen and oxygen atoms in total. The van der Waals surface area contributed by atoms with Crippen LogP contribution in [0.15, 0.2) is 48.5 Å². The second-order valence-corrected chi connectivity index (χ2v) is 4.50. The highest BCUT2D eigenvalue weighted by Gasteiger charge is 2.11. The summed E-state index contributed by atoms with van der Waals surface area (Å²) in [6.07, 6.45) is 0.686. The molecule has 2 rings (SSSR count). The third-order valence-corrected chi connectivity index (χ3v) is 3.28. The van der Waals surface area contributed by atoms with Crippen molar-refractivity contribution in [3.05, 3.63) is 65.2 Å². The van der Waals surface area contributed by atoms with Crippen LogP contribution in [-0.2, 0) is 6.42 Å². The number of aliphatic hydroxyl groups is 1. The van der Waals surface area contributed by atoms with E-state index in [1.165, 1.54) is 0 Å². The highest BCUT2D eigenvalue weighted by molar-refractivity contribution is 5.41. The van der Waals surface area contributed by atoms with Crippen molar-refractivity contribution >= 4 is 0 Å². The van der Waals surface area contributed by atoms with Crippen LogP contribution >= 0.6 is 0 Å². The fraction of sp³-hybridized carbons (Fsp3) is 0.250. The standard InChI is InChI=1S/C16H18O2/c1-12(15-4-2-3-5-16(15)18)14-8-6-13(7-9-14)10-11-17/h2-9,12,17-18H,10-11H2,1H3. The number of phenolic OH excluding ortho intramolecular Hbond substituents is 1. The van der Waals surface area contributed by atoms with Gasteiger partial charge in [0.25, 0.3) is 0 Å². The van der Waals surface area contributed by atoms with E-state index in [2.05, 4.69) is 19.1 Å². The summed E-state index contributed by atoms with van der Waals surface area (Å²) < 4.78 is 0. The molecule has 2 aromatic carbocycles. The topological polar surface area (TPSA) is 40.5 Å². The first-order chi connectivity index (χ1) is 8.72. The first-order valence-electron chi connectivity index (χ1n) is 6.20. The summed E-state index contributed by atoms with van der Waals surface area (Å²) in [6, 6.07) is 15.6. The molecular formula is C16H18O2. The van der Waals surface area contributed by atoms with Gasteiger partial charge >= 0.3 is 0 Å². The van der Waals surface area contributed by atoms with Crippen molar-refractivity contribution in [2.75, 3.05) is 6.61 Å². The summed E-state index contributed by atoms with van der Waals surface area (Å²) >= 11 is 0. The van der Waals surface area contributed by atoms with Gasteiger partial charge < -0.3 is 10.2 Å². The molecule has 94 valence electrons. The third kappa shape index (κ3) is 2.71. The molecule has 0 aliphatic rings. The summed E-state index contributed by atoms with van der Waals surface area (Å²) in [7, 11) is 0. The van der Waals surface area contributed by atoms with Crippen molar-refractivity contribution in [3.63, 3.8) is 0 Å². The third-order valence-electron chi connectivity index (χ3n) is 3.28. The van der Waals surface area contributed by atoms with Gasteiger partial charge in [-0.3, -0.25) is 0 Å². The lowest BCUT2D eigenvalue weighted by molar-refractivity contribution is 0.299. The summed E-state index contributed by atoms with van der Waals surface area (Å²) in [5, 5.41) is 18.7. The van der Waals surface area contributed by atoms with E-state index in [9.17, 15) is 5.11 Å². The van der Waals surface area contributed by atoms with Crippen molar-refractivity contribution in [2.24, 2.45) is 0 Å². The first-order valence-corrected chi connectivity index (χ1v) is 6.20. The van der Waals surface area contributed by atoms with Gasteiger partial charge in [0.05, 0.1) is 0 Å². The van der Waals surface area contributed by atoms with Crippen LogP contribution in [0.25, 0.3) is 0 Å². The minimum atomic E-state index is 0.161. The number of phenols is 1. The molecule has 0 radical (unpaired) electrons. The molecule has 0 aromatic heterocycles. The van der Waals surface area contributed by atoms with Gasteiger partial charge in [0.15, 0.2) is 0 Å². The van der Waals surface area contributed by atoms with Gasteiger partial charge in [-0.2, -0.15) is 0 Å². The van der Waals surface area contributed by atoms with Crippen molar-refractivity contribution in [1.29, 1.82) is 0 Å². The molecule has 2 heteroatoms. The fourth-order valence-electron chi connectivity index (χ4n) is 2.14. The Kier molecular flexibility index (Phi) is 4.00. The van der Waals surface area contributed by atoms with Crippen molar-refractivity contribution < 1.29 is 10.2 Å². The zero-order valence-corrected chi connectivity index (χ0v) is 10.5. The van der Waals surface area contributed by atoms with E-state index in [0.29, 0.717) is 12.2 Å². The highest BCUT2D eigenvalue weighted by atomic mass is 16.3. The Labute approximate surface area is 108 Å². The Hall–Kier alpha value is -1.80. The SMILES string of the molecule is CC(c1ccc(CCO)cc1)c1ccccc1O. The normalized spacial score (nSPS) is 12.3. The van der Waals surface area contributed by atoms with E-state index in [1.807, 2.05) is 30.3 Å². The molecule has 2 aromatic rings. The minimum absolute atomic E-state index is 0.161. The number of hydrogen-bond donors (Lipinski definition) is 2. The monoisotopic (exact) mass is 242 g/mol. The molecule has 0 spiro atoms. The van der Waals surface area contributed by atoms with Crippen LogP contribution in [-0.4, -0.2) is 16.8 Å². The molecule has 0 saturated carbocycles. The fourth-order valence-corrected chi connectivity index (χ4v) is 2.14. The van der Waals surface area contributed by atoms with Gasteiger partial charge in [-0.1, -0.05) is 49.4 Å². The molecule has 18 heavy (non-hydrogen) atoms. The summed E-state index contributed by atoms with van der Waals surface area (Å²) in [4.78, 5) is 0.